The molecular formula is C14H21ClN2O3S. The van der Waals surface area contributed by atoms with Gasteiger partial charge in [-0.1, -0.05) is 25.4 Å². The van der Waals surface area contributed by atoms with E-state index in [1.165, 1.54) is 19.2 Å². The van der Waals surface area contributed by atoms with Crippen molar-refractivity contribution in [2.45, 2.75) is 26.8 Å². The molecule has 21 heavy (non-hydrogen) atoms. The minimum absolute atomic E-state index is 0.00939. The van der Waals surface area contributed by atoms with Crippen LogP contribution in [0.3, 0.4) is 0 Å². The number of carbonyl (C=O) groups excluding carboxylic acids is 1. The van der Waals surface area contributed by atoms with E-state index in [-0.39, 0.29) is 28.5 Å². The lowest BCUT2D eigenvalue weighted by atomic mass is 10.1. The minimum atomic E-state index is -3.39. The first-order valence-electron chi connectivity index (χ1n) is 6.58. The Kier molecular flexibility index (Phi) is 5.64. The Hall–Kier alpha value is -1.27. The standard InChI is InChI=1S/C14H21ClN2O3S/c1-9(2)10(3)16-14(18)12-8-11(6-7-13(12)15)17(4)21(5,19)20/h6-10H,1-5H3,(H,16,18). The van der Waals surface area contributed by atoms with Crippen LogP contribution in [0, 0.1) is 5.92 Å². The first-order valence-corrected chi connectivity index (χ1v) is 8.81. The average molecular weight is 333 g/mol. The van der Waals surface area contributed by atoms with Gasteiger partial charge in [0.05, 0.1) is 22.5 Å². The number of hydrogen-bond acceptors (Lipinski definition) is 3. The van der Waals surface area contributed by atoms with Gasteiger partial charge in [-0.2, -0.15) is 0 Å². The van der Waals surface area contributed by atoms with Crippen molar-refractivity contribution in [2.75, 3.05) is 17.6 Å². The number of halogens is 1. The summed E-state index contributed by atoms with van der Waals surface area (Å²) in [5.74, 6) is -0.0282. The van der Waals surface area contributed by atoms with Gasteiger partial charge in [0, 0.05) is 13.1 Å². The summed E-state index contributed by atoms with van der Waals surface area (Å²) in [6, 6.07) is 4.55. The van der Waals surface area contributed by atoms with Crippen molar-refractivity contribution in [1.29, 1.82) is 0 Å². The predicted molar refractivity (Wildman–Crippen MR) is 86.5 cm³/mol. The van der Waals surface area contributed by atoms with Gasteiger partial charge in [0.2, 0.25) is 10.0 Å². The number of sulfonamides is 1. The van der Waals surface area contributed by atoms with Crippen LogP contribution < -0.4 is 9.62 Å². The van der Waals surface area contributed by atoms with Crippen molar-refractivity contribution in [3.63, 3.8) is 0 Å². The Morgan fingerprint density at radius 1 is 1.29 bits per heavy atom. The Bertz CT molecular complexity index is 629. The van der Waals surface area contributed by atoms with Crippen molar-refractivity contribution >= 4 is 33.2 Å². The number of nitrogens with zero attached hydrogens (tertiary/aromatic N) is 1. The lowest BCUT2D eigenvalue weighted by Gasteiger charge is -2.20. The van der Waals surface area contributed by atoms with Crippen LogP contribution in [0.4, 0.5) is 5.69 Å². The largest absolute Gasteiger partial charge is 0.349 e. The fraction of sp³-hybridized carbons (Fsp3) is 0.500. The average Bonchev–Trinajstić information content (AvgIpc) is 2.37. The second-order valence-electron chi connectivity index (χ2n) is 5.40. The number of anilines is 1. The first kappa shape index (κ1) is 17.8. The van der Waals surface area contributed by atoms with Crippen LogP contribution in [0.2, 0.25) is 5.02 Å². The van der Waals surface area contributed by atoms with Gasteiger partial charge >= 0.3 is 0 Å². The molecule has 0 heterocycles. The van der Waals surface area contributed by atoms with E-state index < -0.39 is 10.0 Å². The molecule has 0 saturated heterocycles. The summed E-state index contributed by atoms with van der Waals surface area (Å²) in [6.07, 6.45) is 1.10. The lowest BCUT2D eigenvalue weighted by Crippen LogP contribution is -2.36. The zero-order valence-corrected chi connectivity index (χ0v) is 14.4. The molecule has 0 spiro atoms. The third-order valence-electron chi connectivity index (χ3n) is 3.41. The summed E-state index contributed by atoms with van der Waals surface area (Å²) in [7, 11) is -1.96. The maximum absolute atomic E-state index is 12.2. The molecule has 1 aromatic rings. The number of benzene rings is 1. The molecule has 1 unspecified atom stereocenters. The SMILES string of the molecule is CC(C)C(C)NC(=O)c1cc(N(C)S(C)(=O)=O)ccc1Cl. The topological polar surface area (TPSA) is 66.5 Å². The molecule has 0 saturated carbocycles. The van der Waals surface area contributed by atoms with E-state index in [0.29, 0.717) is 5.69 Å². The highest BCUT2D eigenvalue weighted by molar-refractivity contribution is 7.92. The second-order valence-corrected chi connectivity index (χ2v) is 7.82. The van der Waals surface area contributed by atoms with E-state index in [9.17, 15) is 13.2 Å². The van der Waals surface area contributed by atoms with Crippen LogP contribution in [0.25, 0.3) is 0 Å². The van der Waals surface area contributed by atoms with Crippen LogP contribution in [0.15, 0.2) is 18.2 Å². The molecule has 7 heteroatoms. The first-order chi connectivity index (χ1) is 9.54. The van der Waals surface area contributed by atoms with Gasteiger partial charge in [-0.3, -0.25) is 9.10 Å². The van der Waals surface area contributed by atoms with Crippen LogP contribution in [0.5, 0.6) is 0 Å². The van der Waals surface area contributed by atoms with Crippen molar-refractivity contribution in [2.24, 2.45) is 5.92 Å². The van der Waals surface area contributed by atoms with E-state index in [2.05, 4.69) is 5.32 Å². The third-order valence-corrected chi connectivity index (χ3v) is 4.95. The Morgan fingerprint density at radius 2 is 1.86 bits per heavy atom. The summed E-state index contributed by atoms with van der Waals surface area (Å²) in [6.45, 7) is 5.91. The van der Waals surface area contributed by atoms with Crippen molar-refractivity contribution in [1.82, 2.24) is 5.32 Å². The Balaban J connectivity index is 3.11. The van der Waals surface area contributed by atoms with Crippen LogP contribution >= 0.6 is 11.6 Å². The lowest BCUT2D eigenvalue weighted by molar-refractivity contribution is 0.0930. The maximum Gasteiger partial charge on any atom is 0.253 e. The van der Waals surface area contributed by atoms with Gasteiger partial charge in [0.25, 0.3) is 5.91 Å². The highest BCUT2D eigenvalue weighted by atomic mass is 35.5. The van der Waals surface area contributed by atoms with Crippen LogP contribution in [-0.4, -0.2) is 33.7 Å². The van der Waals surface area contributed by atoms with E-state index in [1.807, 2.05) is 20.8 Å². The van der Waals surface area contributed by atoms with Crippen LogP contribution in [0.1, 0.15) is 31.1 Å². The van der Waals surface area contributed by atoms with E-state index in [4.69, 9.17) is 11.6 Å². The molecule has 5 nitrogen and oxygen atoms in total. The van der Waals surface area contributed by atoms with E-state index >= 15 is 0 Å². The molecule has 1 atom stereocenters. The fourth-order valence-corrected chi connectivity index (χ4v) is 2.23. The Morgan fingerprint density at radius 3 is 2.33 bits per heavy atom. The zero-order valence-electron chi connectivity index (χ0n) is 12.8. The van der Waals surface area contributed by atoms with E-state index in [1.54, 1.807) is 6.07 Å². The molecule has 1 amide bonds. The zero-order chi connectivity index (χ0) is 16.4. The molecule has 0 aliphatic heterocycles. The molecule has 1 N–H and O–H groups in total. The summed E-state index contributed by atoms with van der Waals surface area (Å²) in [5, 5.41) is 3.14. The van der Waals surface area contributed by atoms with Crippen molar-refractivity contribution in [3.05, 3.63) is 28.8 Å². The van der Waals surface area contributed by atoms with Gasteiger partial charge in [0.1, 0.15) is 0 Å². The summed E-state index contributed by atoms with van der Waals surface area (Å²) in [4.78, 5) is 12.2. The Labute approximate surface area is 131 Å². The molecule has 0 radical (unpaired) electrons. The summed E-state index contributed by atoms with van der Waals surface area (Å²) < 4.78 is 24.2. The molecule has 0 aliphatic carbocycles. The number of carbonyl (C=O) groups is 1. The quantitative estimate of drug-likeness (QED) is 0.901. The third kappa shape index (κ3) is 4.61. The van der Waals surface area contributed by atoms with Gasteiger partial charge in [-0.25, -0.2) is 8.42 Å². The normalized spacial score (nSPS) is 13.1. The molecule has 1 rings (SSSR count). The molecule has 118 valence electrons. The minimum Gasteiger partial charge on any atom is -0.349 e. The van der Waals surface area contributed by atoms with E-state index in [0.717, 1.165) is 10.6 Å². The maximum atomic E-state index is 12.2. The van der Waals surface area contributed by atoms with Crippen LogP contribution in [-0.2, 0) is 10.0 Å². The predicted octanol–water partition coefficient (Wildman–Crippen LogP) is 2.51. The number of nitrogens with one attached hydrogen (secondary N) is 1. The second kappa shape index (κ2) is 6.66. The fourth-order valence-electron chi connectivity index (χ4n) is 1.53. The molecular weight excluding hydrogens is 312 g/mol. The van der Waals surface area contributed by atoms with Gasteiger partial charge in [0.15, 0.2) is 0 Å². The van der Waals surface area contributed by atoms with Crippen molar-refractivity contribution in [3.8, 4) is 0 Å². The molecule has 0 fully saturated rings. The number of amides is 1. The molecule has 0 bridgehead atoms. The number of hydrogen-bond donors (Lipinski definition) is 1. The highest BCUT2D eigenvalue weighted by Crippen LogP contribution is 2.24. The highest BCUT2D eigenvalue weighted by Gasteiger charge is 2.18. The van der Waals surface area contributed by atoms with Gasteiger partial charge in [-0.05, 0) is 31.0 Å². The van der Waals surface area contributed by atoms with Crippen molar-refractivity contribution < 1.29 is 13.2 Å². The van der Waals surface area contributed by atoms with Gasteiger partial charge < -0.3 is 5.32 Å². The summed E-state index contributed by atoms with van der Waals surface area (Å²) in [5.41, 5.74) is 0.654. The molecule has 1 aromatic carbocycles. The monoisotopic (exact) mass is 332 g/mol. The molecule has 0 aliphatic rings. The summed E-state index contributed by atoms with van der Waals surface area (Å²) >= 11 is 6.04. The number of rotatable bonds is 5. The smallest absolute Gasteiger partial charge is 0.253 e. The van der Waals surface area contributed by atoms with Gasteiger partial charge in [-0.15, -0.1) is 0 Å². The molecule has 0 aromatic heterocycles.